The number of carbonyl (C=O) groups is 2. The van der Waals surface area contributed by atoms with Crippen LogP contribution >= 0.6 is 11.8 Å². The number of thioether (sulfide) groups is 1. The lowest BCUT2D eigenvalue weighted by molar-refractivity contribution is -0.119. The first kappa shape index (κ1) is 15.5. The van der Waals surface area contributed by atoms with E-state index in [0.717, 1.165) is 12.4 Å². The van der Waals surface area contributed by atoms with Crippen LogP contribution in [0.3, 0.4) is 0 Å². The lowest BCUT2D eigenvalue weighted by Gasteiger charge is -2.11. The highest BCUT2D eigenvalue weighted by Gasteiger charge is 2.20. The Balaban J connectivity index is 2.61. The van der Waals surface area contributed by atoms with Crippen LogP contribution in [0.15, 0.2) is 5.16 Å². The molecule has 0 saturated heterocycles. The predicted octanol–water partition coefficient (Wildman–Crippen LogP) is 0.933. The SMILES string of the molecule is CCNC(=O)NC(=O)[C@@H](C)Sc1nnc(C)n1CC. The molecule has 1 aromatic heterocycles. The van der Waals surface area contributed by atoms with Gasteiger partial charge in [-0.2, -0.15) is 0 Å². The number of hydrogen-bond acceptors (Lipinski definition) is 5. The third-order valence-corrected chi connectivity index (χ3v) is 3.52. The van der Waals surface area contributed by atoms with E-state index in [1.54, 1.807) is 13.8 Å². The highest BCUT2D eigenvalue weighted by Crippen LogP contribution is 2.22. The number of nitrogens with zero attached hydrogens (tertiary/aromatic N) is 3. The van der Waals surface area contributed by atoms with Crippen LogP contribution in [-0.2, 0) is 11.3 Å². The van der Waals surface area contributed by atoms with Crippen molar-refractivity contribution in [2.24, 2.45) is 0 Å². The largest absolute Gasteiger partial charge is 0.338 e. The number of carbonyl (C=O) groups excluding carboxylic acids is 2. The quantitative estimate of drug-likeness (QED) is 0.786. The molecule has 0 aromatic carbocycles. The van der Waals surface area contributed by atoms with Crippen molar-refractivity contribution in [2.45, 2.75) is 44.6 Å². The molecule has 106 valence electrons. The fourth-order valence-electron chi connectivity index (χ4n) is 1.44. The maximum absolute atomic E-state index is 11.8. The Morgan fingerprint density at radius 1 is 1.37 bits per heavy atom. The van der Waals surface area contributed by atoms with Crippen molar-refractivity contribution in [1.82, 2.24) is 25.4 Å². The highest BCUT2D eigenvalue weighted by molar-refractivity contribution is 8.00. The summed E-state index contributed by atoms with van der Waals surface area (Å²) in [6.45, 7) is 8.58. The van der Waals surface area contributed by atoms with Gasteiger partial charge in [0.15, 0.2) is 5.16 Å². The molecule has 1 aromatic rings. The van der Waals surface area contributed by atoms with Gasteiger partial charge in [-0.1, -0.05) is 11.8 Å². The Morgan fingerprint density at radius 3 is 2.63 bits per heavy atom. The zero-order valence-electron chi connectivity index (χ0n) is 11.6. The Bertz CT molecular complexity index is 460. The third kappa shape index (κ3) is 4.23. The number of rotatable bonds is 5. The molecule has 1 rings (SSSR count). The lowest BCUT2D eigenvalue weighted by Crippen LogP contribution is -2.42. The van der Waals surface area contributed by atoms with Gasteiger partial charge in [-0.15, -0.1) is 10.2 Å². The fraction of sp³-hybridized carbons (Fsp3) is 0.636. The van der Waals surface area contributed by atoms with E-state index in [-0.39, 0.29) is 5.91 Å². The van der Waals surface area contributed by atoms with Crippen molar-refractivity contribution >= 4 is 23.7 Å². The molecule has 19 heavy (non-hydrogen) atoms. The van der Waals surface area contributed by atoms with E-state index in [4.69, 9.17) is 0 Å². The van der Waals surface area contributed by atoms with Crippen molar-refractivity contribution in [1.29, 1.82) is 0 Å². The van der Waals surface area contributed by atoms with E-state index in [9.17, 15) is 9.59 Å². The van der Waals surface area contributed by atoms with Crippen LogP contribution in [0.25, 0.3) is 0 Å². The summed E-state index contributed by atoms with van der Waals surface area (Å²) in [6, 6.07) is -0.479. The van der Waals surface area contributed by atoms with Gasteiger partial charge in [0.1, 0.15) is 5.82 Å². The monoisotopic (exact) mass is 285 g/mol. The number of urea groups is 1. The highest BCUT2D eigenvalue weighted by atomic mass is 32.2. The average Bonchev–Trinajstić information content (AvgIpc) is 2.69. The smallest absolute Gasteiger partial charge is 0.321 e. The summed E-state index contributed by atoms with van der Waals surface area (Å²) in [4.78, 5) is 23.0. The van der Waals surface area contributed by atoms with Crippen LogP contribution in [-0.4, -0.2) is 38.5 Å². The summed E-state index contributed by atoms with van der Waals surface area (Å²) in [5, 5.41) is 13.0. The molecule has 0 unspecified atom stereocenters. The van der Waals surface area contributed by atoms with E-state index in [1.165, 1.54) is 11.8 Å². The first-order valence-electron chi connectivity index (χ1n) is 6.14. The molecule has 0 bridgehead atoms. The van der Waals surface area contributed by atoms with Crippen molar-refractivity contribution in [3.05, 3.63) is 5.82 Å². The molecule has 1 atom stereocenters. The van der Waals surface area contributed by atoms with Crippen molar-refractivity contribution in [2.75, 3.05) is 6.54 Å². The molecule has 1 heterocycles. The molecule has 8 heteroatoms. The molecule has 0 aliphatic carbocycles. The van der Waals surface area contributed by atoms with Gasteiger partial charge in [-0.25, -0.2) is 4.79 Å². The van der Waals surface area contributed by atoms with Gasteiger partial charge in [0, 0.05) is 13.1 Å². The van der Waals surface area contributed by atoms with Gasteiger partial charge >= 0.3 is 6.03 Å². The summed E-state index contributed by atoms with van der Waals surface area (Å²) < 4.78 is 1.92. The predicted molar refractivity (Wildman–Crippen MR) is 73.0 cm³/mol. The third-order valence-electron chi connectivity index (χ3n) is 2.44. The minimum Gasteiger partial charge on any atom is -0.338 e. The maximum Gasteiger partial charge on any atom is 0.321 e. The fourth-order valence-corrected chi connectivity index (χ4v) is 2.40. The van der Waals surface area contributed by atoms with E-state index >= 15 is 0 Å². The van der Waals surface area contributed by atoms with Crippen LogP contribution < -0.4 is 10.6 Å². The zero-order chi connectivity index (χ0) is 14.4. The van der Waals surface area contributed by atoms with E-state index < -0.39 is 11.3 Å². The normalized spacial score (nSPS) is 12.0. The minimum absolute atomic E-state index is 0.348. The van der Waals surface area contributed by atoms with Crippen LogP contribution in [0.5, 0.6) is 0 Å². The van der Waals surface area contributed by atoms with Gasteiger partial charge in [0.25, 0.3) is 0 Å². The number of aromatic nitrogens is 3. The maximum atomic E-state index is 11.8. The van der Waals surface area contributed by atoms with Crippen molar-refractivity contribution in [3.8, 4) is 0 Å². The molecule has 3 amide bonds. The second-order valence-electron chi connectivity index (χ2n) is 3.88. The Hall–Kier alpha value is -1.57. The molecule has 0 spiro atoms. The molecule has 0 aliphatic rings. The average molecular weight is 285 g/mol. The van der Waals surface area contributed by atoms with Crippen molar-refractivity contribution < 1.29 is 9.59 Å². The first-order valence-corrected chi connectivity index (χ1v) is 7.02. The summed E-state index contributed by atoms with van der Waals surface area (Å²) in [6.07, 6.45) is 0. The molecular weight excluding hydrogens is 266 g/mol. The van der Waals surface area contributed by atoms with Gasteiger partial charge in [0.2, 0.25) is 5.91 Å². The van der Waals surface area contributed by atoms with Crippen LogP contribution in [0.2, 0.25) is 0 Å². The first-order chi connectivity index (χ1) is 8.99. The van der Waals surface area contributed by atoms with Gasteiger partial charge in [-0.05, 0) is 27.7 Å². The molecule has 7 nitrogen and oxygen atoms in total. The second-order valence-corrected chi connectivity index (χ2v) is 5.19. The Morgan fingerprint density at radius 2 is 2.05 bits per heavy atom. The number of amides is 3. The second kappa shape index (κ2) is 7.13. The number of aryl methyl sites for hydroxylation is 1. The summed E-state index contributed by atoms with van der Waals surface area (Å²) in [5.41, 5.74) is 0. The molecule has 0 fully saturated rings. The Labute approximate surface area is 116 Å². The minimum atomic E-state index is -0.479. The number of hydrogen-bond donors (Lipinski definition) is 2. The molecular formula is C11H19N5O2S. The van der Waals surface area contributed by atoms with E-state index in [0.29, 0.717) is 11.7 Å². The van der Waals surface area contributed by atoms with Gasteiger partial charge in [-0.3, -0.25) is 10.1 Å². The molecule has 0 radical (unpaired) electrons. The van der Waals surface area contributed by atoms with Gasteiger partial charge < -0.3 is 9.88 Å². The number of imide groups is 1. The van der Waals surface area contributed by atoms with Crippen LogP contribution in [0.4, 0.5) is 4.79 Å². The van der Waals surface area contributed by atoms with E-state index in [2.05, 4.69) is 20.8 Å². The molecule has 0 aliphatic heterocycles. The van der Waals surface area contributed by atoms with Gasteiger partial charge in [0.05, 0.1) is 5.25 Å². The molecule has 2 N–H and O–H groups in total. The number of nitrogens with one attached hydrogen (secondary N) is 2. The lowest BCUT2D eigenvalue weighted by atomic mass is 10.4. The summed E-state index contributed by atoms with van der Waals surface area (Å²) in [7, 11) is 0. The molecule has 0 saturated carbocycles. The zero-order valence-corrected chi connectivity index (χ0v) is 12.4. The van der Waals surface area contributed by atoms with Crippen LogP contribution in [0, 0.1) is 6.92 Å². The standard InChI is InChI=1S/C11H19N5O2S/c1-5-12-10(18)13-9(17)7(3)19-11-15-14-8(4)16(11)6-2/h7H,5-6H2,1-4H3,(H2,12,13,17,18)/t7-/m1/s1. The Kier molecular flexibility index (Phi) is 5.81. The van der Waals surface area contributed by atoms with Crippen molar-refractivity contribution in [3.63, 3.8) is 0 Å². The summed E-state index contributed by atoms with van der Waals surface area (Å²) >= 11 is 1.28. The summed E-state index contributed by atoms with van der Waals surface area (Å²) in [5.74, 6) is 0.459. The van der Waals surface area contributed by atoms with Crippen LogP contribution in [0.1, 0.15) is 26.6 Å². The van der Waals surface area contributed by atoms with E-state index in [1.807, 2.05) is 18.4 Å². The topological polar surface area (TPSA) is 88.9 Å².